The zero-order chi connectivity index (χ0) is 11.5. The number of methoxy groups -OCH3 is 1. The SMILES string of the molecule is CCn1c(CNC)cc2c(OC)cccc21. The predicted molar refractivity (Wildman–Crippen MR) is 66.9 cm³/mol. The molecule has 0 fully saturated rings. The lowest BCUT2D eigenvalue weighted by Crippen LogP contribution is -2.10. The Hall–Kier alpha value is -1.48. The van der Waals surface area contributed by atoms with Crippen molar-refractivity contribution in [2.45, 2.75) is 20.0 Å². The molecule has 16 heavy (non-hydrogen) atoms. The number of aromatic nitrogens is 1. The highest BCUT2D eigenvalue weighted by atomic mass is 16.5. The lowest BCUT2D eigenvalue weighted by molar-refractivity contribution is 0.420. The van der Waals surface area contributed by atoms with Crippen LogP contribution in [0.3, 0.4) is 0 Å². The third-order valence-electron chi connectivity index (χ3n) is 2.89. The van der Waals surface area contributed by atoms with Crippen molar-refractivity contribution < 1.29 is 4.74 Å². The van der Waals surface area contributed by atoms with Gasteiger partial charge in [-0.2, -0.15) is 0 Å². The Labute approximate surface area is 96.0 Å². The molecule has 0 aliphatic heterocycles. The molecular formula is C13H18N2O. The van der Waals surface area contributed by atoms with E-state index in [9.17, 15) is 0 Å². The van der Waals surface area contributed by atoms with E-state index in [1.54, 1.807) is 7.11 Å². The molecule has 0 bridgehead atoms. The number of rotatable bonds is 4. The second-order valence-corrected chi connectivity index (χ2v) is 3.80. The topological polar surface area (TPSA) is 26.2 Å². The van der Waals surface area contributed by atoms with E-state index < -0.39 is 0 Å². The van der Waals surface area contributed by atoms with Gasteiger partial charge >= 0.3 is 0 Å². The van der Waals surface area contributed by atoms with Crippen LogP contribution >= 0.6 is 0 Å². The van der Waals surface area contributed by atoms with Crippen LogP contribution in [0, 0.1) is 0 Å². The zero-order valence-electron chi connectivity index (χ0n) is 10.1. The van der Waals surface area contributed by atoms with Gasteiger partial charge in [-0.15, -0.1) is 0 Å². The summed E-state index contributed by atoms with van der Waals surface area (Å²) in [7, 11) is 3.69. The maximum absolute atomic E-state index is 5.38. The van der Waals surface area contributed by atoms with Crippen LogP contribution in [0.1, 0.15) is 12.6 Å². The molecule has 0 amide bonds. The number of aryl methyl sites for hydroxylation is 1. The number of fused-ring (bicyclic) bond motifs is 1. The smallest absolute Gasteiger partial charge is 0.128 e. The minimum Gasteiger partial charge on any atom is -0.496 e. The molecule has 0 saturated carbocycles. The van der Waals surface area contributed by atoms with Crippen LogP contribution in [0.15, 0.2) is 24.3 Å². The molecule has 0 spiro atoms. The Kier molecular flexibility index (Phi) is 3.15. The van der Waals surface area contributed by atoms with E-state index in [0.29, 0.717) is 0 Å². The van der Waals surface area contributed by atoms with E-state index in [1.165, 1.54) is 16.6 Å². The van der Waals surface area contributed by atoms with Crippen molar-refractivity contribution in [3.63, 3.8) is 0 Å². The zero-order valence-corrected chi connectivity index (χ0v) is 10.1. The van der Waals surface area contributed by atoms with Gasteiger partial charge in [0.1, 0.15) is 5.75 Å². The number of nitrogens with one attached hydrogen (secondary N) is 1. The van der Waals surface area contributed by atoms with Crippen molar-refractivity contribution in [2.75, 3.05) is 14.2 Å². The van der Waals surface area contributed by atoms with Crippen molar-refractivity contribution in [3.05, 3.63) is 30.0 Å². The highest BCUT2D eigenvalue weighted by molar-refractivity contribution is 5.87. The lowest BCUT2D eigenvalue weighted by Gasteiger charge is -2.07. The van der Waals surface area contributed by atoms with Gasteiger partial charge in [0.15, 0.2) is 0 Å². The van der Waals surface area contributed by atoms with Crippen molar-refractivity contribution in [1.29, 1.82) is 0 Å². The van der Waals surface area contributed by atoms with Gasteiger partial charge < -0.3 is 14.6 Å². The van der Waals surface area contributed by atoms with Crippen LogP contribution in [0.2, 0.25) is 0 Å². The molecule has 1 heterocycles. The molecule has 0 aliphatic rings. The molecule has 2 rings (SSSR count). The van der Waals surface area contributed by atoms with Gasteiger partial charge in [-0.05, 0) is 32.2 Å². The predicted octanol–water partition coefficient (Wildman–Crippen LogP) is 2.39. The first-order chi connectivity index (χ1) is 7.81. The average Bonchev–Trinajstić information content (AvgIpc) is 2.66. The van der Waals surface area contributed by atoms with Crippen LogP contribution < -0.4 is 10.1 Å². The molecule has 0 atom stereocenters. The molecule has 0 unspecified atom stereocenters. The van der Waals surface area contributed by atoms with Gasteiger partial charge in [0.2, 0.25) is 0 Å². The monoisotopic (exact) mass is 218 g/mol. The summed E-state index contributed by atoms with van der Waals surface area (Å²) in [6.45, 7) is 4.03. The lowest BCUT2D eigenvalue weighted by atomic mass is 10.2. The standard InChI is InChI=1S/C13H18N2O/c1-4-15-10(9-14-2)8-11-12(15)6-5-7-13(11)16-3/h5-8,14H,4,9H2,1-3H3. The van der Waals surface area contributed by atoms with Gasteiger partial charge in [-0.25, -0.2) is 0 Å². The van der Waals surface area contributed by atoms with E-state index in [0.717, 1.165) is 18.8 Å². The Morgan fingerprint density at radius 1 is 1.38 bits per heavy atom. The fraction of sp³-hybridized carbons (Fsp3) is 0.385. The highest BCUT2D eigenvalue weighted by Gasteiger charge is 2.09. The molecule has 1 aromatic heterocycles. The fourth-order valence-corrected chi connectivity index (χ4v) is 2.19. The summed E-state index contributed by atoms with van der Waals surface area (Å²) in [6, 6.07) is 8.39. The van der Waals surface area contributed by atoms with Gasteiger partial charge in [0.05, 0.1) is 12.6 Å². The number of ether oxygens (including phenoxy) is 1. The largest absolute Gasteiger partial charge is 0.496 e. The molecule has 0 radical (unpaired) electrons. The van der Waals surface area contributed by atoms with E-state index in [-0.39, 0.29) is 0 Å². The Morgan fingerprint density at radius 2 is 2.19 bits per heavy atom. The molecule has 0 aliphatic carbocycles. The maximum Gasteiger partial charge on any atom is 0.128 e. The van der Waals surface area contributed by atoms with Gasteiger partial charge in [-0.1, -0.05) is 6.07 Å². The van der Waals surface area contributed by atoms with Crippen molar-refractivity contribution >= 4 is 10.9 Å². The van der Waals surface area contributed by atoms with Gasteiger partial charge in [0.25, 0.3) is 0 Å². The summed E-state index contributed by atoms with van der Waals surface area (Å²) in [5, 5.41) is 4.39. The Bertz CT molecular complexity index is 488. The van der Waals surface area contributed by atoms with E-state index >= 15 is 0 Å². The second kappa shape index (κ2) is 4.58. The third kappa shape index (κ3) is 1.67. The Balaban J connectivity index is 2.65. The van der Waals surface area contributed by atoms with E-state index in [1.807, 2.05) is 19.2 Å². The molecular weight excluding hydrogens is 200 g/mol. The van der Waals surface area contributed by atoms with E-state index in [2.05, 4.69) is 28.9 Å². The van der Waals surface area contributed by atoms with Gasteiger partial charge in [0, 0.05) is 24.2 Å². The summed E-state index contributed by atoms with van der Waals surface area (Å²) in [4.78, 5) is 0. The summed E-state index contributed by atoms with van der Waals surface area (Å²) in [5.74, 6) is 0.946. The number of nitrogens with zero attached hydrogens (tertiary/aromatic N) is 1. The van der Waals surface area contributed by atoms with Crippen LogP contribution in [-0.2, 0) is 13.1 Å². The molecule has 3 nitrogen and oxygen atoms in total. The maximum atomic E-state index is 5.38. The number of hydrogen-bond acceptors (Lipinski definition) is 2. The first kappa shape index (κ1) is 11.0. The van der Waals surface area contributed by atoms with E-state index in [4.69, 9.17) is 4.74 Å². The first-order valence-corrected chi connectivity index (χ1v) is 5.61. The van der Waals surface area contributed by atoms with Crippen molar-refractivity contribution in [3.8, 4) is 5.75 Å². The van der Waals surface area contributed by atoms with Crippen LogP contribution in [0.25, 0.3) is 10.9 Å². The summed E-state index contributed by atoms with van der Waals surface area (Å²) in [6.07, 6.45) is 0. The fourth-order valence-electron chi connectivity index (χ4n) is 2.19. The Morgan fingerprint density at radius 3 is 2.81 bits per heavy atom. The van der Waals surface area contributed by atoms with Crippen LogP contribution in [-0.4, -0.2) is 18.7 Å². The number of benzene rings is 1. The minimum atomic E-state index is 0.881. The average molecular weight is 218 g/mol. The molecule has 86 valence electrons. The van der Waals surface area contributed by atoms with Gasteiger partial charge in [-0.3, -0.25) is 0 Å². The normalized spacial score (nSPS) is 10.9. The highest BCUT2D eigenvalue weighted by Crippen LogP contribution is 2.28. The van der Waals surface area contributed by atoms with Crippen molar-refractivity contribution in [2.24, 2.45) is 0 Å². The summed E-state index contributed by atoms with van der Waals surface area (Å²) >= 11 is 0. The van der Waals surface area contributed by atoms with Crippen LogP contribution in [0.5, 0.6) is 5.75 Å². The number of hydrogen-bond donors (Lipinski definition) is 1. The molecule has 1 N–H and O–H groups in total. The first-order valence-electron chi connectivity index (χ1n) is 5.61. The summed E-state index contributed by atoms with van der Waals surface area (Å²) < 4.78 is 7.70. The molecule has 0 saturated heterocycles. The quantitative estimate of drug-likeness (QED) is 0.852. The second-order valence-electron chi connectivity index (χ2n) is 3.80. The van der Waals surface area contributed by atoms with Crippen LogP contribution in [0.4, 0.5) is 0 Å². The molecule has 1 aromatic carbocycles. The molecule has 3 heteroatoms. The molecule has 2 aromatic rings. The third-order valence-corrected chi connectivity index (χ3v) is 2.89. The minimum absolute atomic E-state index is 0.881. The summed E-state index contributed by atoms with van der Waals surface area (Å²) in [5.41, 5.74) is 2.54. The van der Waals surface area contributed by atoms with Crippen molar-refractivity contribution in [1.82, 2.24) is 9.88 Å².